The molecule has 0 aliphatic carbocycles. The van der Waals surface area contributed by atoms with Gasteiger partial charge in [0.25, 0.3) is 0 Å². The zero-order chi connectivity index (χ0) is 15.3. The van der Waals surface area contributed by atoms with Crippen LogP contribution < -0.4 is 0 Å². The summed E-state index contributed by atoms with van der Waals surface area (Å²) in [5.41, 5.74) is 4.33. The Hall–Kier alpha value is -2.22. The van der Waals surface area contributed by atoms with E-state index in [1.54, 1.807) is 12.4 Å². The van der Waals surface area contributed by atoms with E-state index < -0.39 is 0 Å². The Morgan fingerprint density at radius 1 is 1.00 bits per heavy atom. The van der Waals surface area contributed by atoms with Gasteiger partial charge in [-0.15, -0.1) is 0 Å². The van der Waals surface area contributed by atoms with Crippen molar-refractivity contribution in [3.8, 4) is 0 Å². The van der Waals surface area contributed by atoms with E-state index in [0.717, 1.165) is 17.0 Å². The molecule has 2 rings (SSSR count). The summed E-state index contributed by atoms with van der Waals surface area (Å²) in [6.45, 7) is 8.56. The van der Waals surface area contributed by atoms with E-state index in [4.69, 9.17) is 0 Å². The van der Waals surface area contributed by atoms with E-state index in [1.165, 1.54) is 5.56 Å². The molecule has 0 spiro atoms. The average molecular weight is 278 g/mol. The van der Waals surface area contributed by atoms with Crippen LogP contribution in [-0.4, -0.2) is 9.97 Å². The summed E-state index contributed by atoms with van der Waals surface area (Å²) < 4.78 is 0. The number of aromatic nitrogens is 2. The molecule has 21 heavy (non-hydrogen) atoms. The van der Waals surface area contributed by atoms with E-state index in [0.29, 0.717) is 0 Å². The van der Waals surface area contributed by atoms with E-state index >= 15 is 0 Å². The normalized spacial score (nSPS) is 12.9. The number of hydrogen-bond donors (Lipinski definition) is 0. The number of benzene rings is 1. The average Bonchev–Trinajstić information content (AvgIpc) is 2.45. The molecule has 0 saturated carbocycles. The highest BCUT2D eigenvalue weighted by Crippen LogP contribution is 2.23. The lowest BCUT2D eigenvalue weighted by Crippen LogP contribution is -1.98. The minimum absolute atomic E-state index is 0.144. The molecule has 108 valence electrons. The SMILES string of the molecule is Cc1nccnc1/C=C(\C=C\C(C)(C)C)c1ccccc1. The Balaban J connectivity index is 2.46. The maximum absolute atomic E-state index is 4.42. The summed E-state index contributed by atoms with van der Waals surface area (Å²) in [6.07, 6.45) is 9.94. The predicted octanol–water partition coefficient (Wildman–Crippen LogP) is 4.93. The lowest BCUT2D eigenvalue weighted by Gasteiger charge is -2.12. The molecular weight excluding hydrogens is 256 g/mol. The second-order valence-electron chi connectivity index (χ2n) is 6.19. The van der Waals surface area contributed by atoms with Crippen LogP contribution >= 0.6 is 0 Å². The van der Waals surface area contributed by atoms with E-state index in [2.05, 4.69) is 73.2 Å². The molecule has 0 saturated heterocycles. The third-order valence-electron chi connectivity index (χ3n) is 3.08. The van der Waals surface area contributed by atoms with Crippen LogP contribution in [0.5, 0.6) is 0 Å². The summed E-state index contributed by atoms with van der Waals surface area (Å²) in [5, 5.41) is 0. The molecule has 0 amide bonds. The Kier molecular flexibility index (Phi) is 4.69. The van der Waals surface area contributed by atoms with Crippen molar-refractivity contribution in [3.05, 3.63) is 71.8 Å². The fourth-order valence-electron chi connectivity index (χ4n) is 1.91. The van der Waals surface area contributed by atoms with Gasteiger partial charge in [-0.25, -0.2) is 0 Å². The van der Waals surface area contributed by atoms with Crippen LogP contribution in [-0.2, 0) is 0 Å². The van der Waals surface area contributed by atoms with Crippen LogP contribution in [0, 0.1) is 12.3 Å². The van der Waals surface area contributed by atoms with Crippen molar-refractivity contribution < 1.29 is 0 Å². The number of hydrogen-bond acceptors (Lipinski definition) is 2. The van der Waals surface area contributed by atoms with Crippen LogP contribution in [0.25, 0.3) is 11.6 Å². The first-order valence-electron chi connectivity index (χ1n) is 7.20. The fourth-order valence-corrected chi connectivity index (χ4v) is 1.91. The third kappa shape index (κ3) is 4.67. The molecule has 0 fully saturated rings. The van der Waals surface area contributed by atoms with Crippen LogP contribution in [0.2, 0.25) is 0 Å². The summed E-state index contributed by atoms with van der Waals surface area (Å²) in [5.74, 6) is 0. The number of allylic oxidation sites excluding steroid dienone is 3. The highest BCUT2D eigenvalue weighted by atomic mass is 14.8. The number of nitrogens with zero attached hydrogens (tertiary/aromatic N) is 2. The van der Waals surface area contributed by atoms with Gasteiger partial charge in [0.15, 0.2) is 0 Å². The van der Waals surface area contributed by atoms with Gasteiger partial charge in [0.2, 0.25) is 0 Å². The molecule has 1 heterocycles. The zero-order valence-electron chi connectivity index (χ0n) is 13.2. The van der Waals surface area contributed by atoms with Crippen molar-refractivity contribution in [1.82, 2.24) is 9.97 Å². The Morgan fingerprint density at radius 3 is 2.29 bits per heavy atom. The summed E-state index contributed by atoms with van der Waals surface area (Å²) in [4.78, 5) is 8.72. The van der Waals surface area contributed by atoms with Crippen LogP contribution in [0.15, 0.2) is 54.9 Å². The van der Waals surface area contributed by atoms with Gasteiger partial charge >= 0.3 is 0 Å². The monoisotopic (exact) mass is 278 g/mol. The van der Waals surface area contributed by atoms with Crippen molar-refractivity contribution in [2.24, 2.45) is 5.41 Å². The first-order valence-corrected chi connectivity index (χ1v) is 7.20. The summed E-state index contributed by atoms with van der Waals surface area (Å²) >= 11 is 0. The van der Waals surface area contributed by atoms with E-state index in [1.807, 2.05) is 13.0 Å². The predicted molar refractivity (Wildman–Crippen MR) is 89.7 cm³/mol. The molecule has 0 atom stereocenters. The van der Waals surface area contributed by atoms with Gasteiger partial charge in [0.05, 0.1) is 11.4 Å². The molecule has 2 heteroatoms. The molecule has 1 aromatic carbocycles. The van der Waals surface area contributed by atoms with Gasteiger partial charge in [-0.3, -0.25) is 9.97 Å². The summed E-state index contributed by atoms with van der Waals surface area (Å²) in [7, 11) is 0. The molecule has 0 bridgehead atoms. The zero-order valence-corrected chi connectivity index (χ0v) is 13.2. The third-order valence-corrected chi connectivity index (χ3v) is 3.08. The topological polar surface area (TPSA) is 25.8 Å². The minimum atomic E-state index is 0.144. The van der Waals surface area contributed by atoms with Gasteiger partial charge in [-0.2, -0.15) is 0 Å². The minimum Gasteiger partial charge on any atom is -0.258 e. The molecular formula is C19H22N2. The summed E-state index contributed by atoms with van der Waals surface area (Å²) in [6, 6.07) is 10.4. The molecule has 0 aliphatic rings. The first kappa shape index (κ1) is 15.2. The van der Waals surface area contributed by atoms with Crippen LogP contribution in [0.3, 0.4) is 0 Å². The Bertz CT molecular complexity index is 647. The van der Waals surface area contributed by atoms with Gasteiger partial charge in [-0.05, 0) is 29.6 Å². The molecule has 1 aromatic heterocycles. The molecule has 2 nitrogen and oxygen atoms in total. The van der Waals surface area contributed by atoms with Crippen molar-refractivity contribution in [2.75, 3.05) is 0 Å². The lowest BCUT2D eigenvalue weighted by molar-refractivity contribution is 0.544. The van der Waals surface area contributed by atoms with Gasteiger partial charge < -0.3 is 0 Å². The van der Waals surface area contributed by atoms with Gasteiger partial charge in [-0.1, -0.05) is 63.3 Å². The van der Waals surface area contributed by atoms with Gasteiger partial charge in [0.1, 0.15) is 0 Å². The van der Waals surface area contributed by atoms with Gasteiger partial charge in [0, 0.05) is 12.4 Å². The van der Waals surface area contributed by atoms with Crippen LogP contribution in [0.4, 0.5) is 0 Å². The highest BCUT2D eigenvalue weighted by molar-refractivity contribution is 5.87. The lowest BCUT2D eigenvalue weighted by atomic mass is 9.93. The molecule has 0 N–H and O–H groups in total. The van der Waals surface area contributed by atoms with Crippen molar-refractivity contribution in [2.45, 2.75) is 27.7 Å². The Morgan fingerprint density at radius 2 is 1.67 bits per heavy atom. The largest absolute Gasteiger partial charge is 0.258 e. The van der Waals surface area contributed by atoms with Crippen molar-refractivity contribution >= 4 is 11.6 Å². The molecule has 2 aromatic rings. The maximum Gasteiger partial charge on any atom is 0.0848 e. The molecule has 0 radical (unpaired) electrons. The number of rotatable bonds is 3. The number of aryl methyl sites for hydroxylation is 1. The fraction of sp³-hybridized carbons (Fsp3) is 0.263. The van der Waals surface area contributed by atoms with Crippen molar-refractivity contribution in [1.29, 1.82) is 0 Å². The first-order chi connectivity index (χ1) is 9.96. The molecule has 0 unspecified atom stereocenters. The quantitative estimate of drug-likeness (QED) is 0.744. The second kappa shape index (κ2) is 6.49. The second-order valence-corrected chi connectivity index (χ2v) is 6.19. The molecule has 0 aliphatic heterocycles. The Labute approximate surface area is 127 Å². The smallest absolute Gasteiger partial charge is 0.0848 e. The van der Waals surface area contributed by atoms with Crippen LogP contribution in [0.1, 0.15) is 37.7 Å². The van der Waals surface area contributed by atoms with Crippen molar-refractivity contribution in [3.63, 3.8) is 0 Å². The standard InChI is InChI=1S/C19H22N2/c1-15-18(21-13-12-20-15)14-17(10-11-19(2,3)4)16-8-6-5-7-9-16/h5-14H,1-4H3/b11-10+,17-14+. The van der Waals surface area contributed by atoms with E-state index in [-0.39, 0.29) is 5.41 Å². The van der Waals surface area contributed by atoms with E-state index in [9.17, 15) is 0 Å². The maximum atomic E-state index is 4.42. The highest BCUT2D eigenvalue weighted by Gasteiger charge is 2.06.